The molecule has 0 unspecified atom stereocenters. The summed E-state index contributed by atoms with van der Waals surface area (Å²) in [6.07, 6.45) is 0.787. The lowest BCUT2D eigenvalue weighted by Crippen LogP contribution is -2.32. The van der Waals surface area contributed by atoms with Gasteiger partial charge in [0.15, 0.2) is 0 Å². The fourth-order valence-electron chi connectivity index (χ4n) is 1.82. The molecule has 1 aromatic carbocycles. The van der Waals surface area contributed by atoms with E-state index in [0.717, 1.165) is 12.0 Å². The first-order valence-electron chi connectivity index (χ1n) is 5.22. The molecule has 1 heterocycles. The number of nitrogens with one attached hydrogen (secondary N) is 1. The van der Waals surface area contributed by atoms with Gasteiger partial charge in [0.25, 0.3) is 11.8 Å². The van der Waals surface area contributed by atoms with Crippen molar-refractivity contribution in [2.45, 2.75) is 6.42 Å². The van der Waals surface area contributed by atoms with Gasteiger partial charge in [-0.15, -0.1) is 0 Å². The summed E-state index contributed by atoms with van der Waals surface area (Å²) in [5.41, 5.74) is 2.27. The standard InChI is InChI=1S/C12H14N2O2/c1-14(2)12(16)9-3-4-10-8(7-9)5-6-13-11(10)15/h3-4,7H,5-6H2,1-2H3,(H,13,15). The molecule has 2 amide bonds. The number of nitrogens with zero attached hydrogens (tertiary/aromatic N) is 1. The van der Waals surface area contributed by atoms with E-state index < -0.39 is 0 Å². The summed E-state index contributed by atoms with van der Waals surface area (Å²) in [7, 11) is 3.43. The van der Waals surface area contributed by atoms with Gasteiger partial charge in [0.05, 0.1) is 0 Å². The number of carbonyl (C=O) groups is 2. The van der Waals surface area contributed by atoms with Gasteiger partial charge in [0.1, 0.15) is 0 Å². The zero-order valence-electron chi connectivity index (χ0n) is 9.41. The maximum atomic E-state index is 11.7. The van der Waals surface area contributed by atoms with E-state index in [-0.39, 0.29) is 11.8 Å². The molecule has 0 saturated carbocycles. The molecule has 1 aliphatic heterocycles. The average Bonchev–Trinajstić information content (AvgIpc) is 2.28. The van der Waals surface area contributed by atoms with E-state index in [1.807, 2.05) is 6.07 Å². The van der Waals surface area contributed by atoms with Crippen molar-refractivity contribution in [2.75, 3.05) is 20.6 Å². The van der Waals surface area contributed by atoms with Crippen LogP contribution in [0.5, 0.6) is 0 Å². The third-order valence-corrected chi connectivity index (χ3v) is 2.68. The minimum Gasteiger partial charge on any atom is -0.352 e. The second kappa shape index (κ2) is 3.96. The topological polar surface area (TPSA) is 49.4 Å². The zero-order chi connectivity index (χ0) is 11.7. The highest BCUT2D eigenvalue weighted by molar-refractivity contribution is 5.99. The van der Waals surface area contributed by atoms with Gasteiger partial charge in [-0.3, -0.25) is 9.59 Å². The summed E-state index contributed by atoms with van der Waals surface area (Å²) in [6, 6.07) is 5.24. The van der Waals surface area contributed by atoms with Crippen LogP contribution in [0.15, 0.2) is 18.2 Å². The molecular weight excluding hydrogens is 204 g/mol. The first-order valence-corrected chi connectivity index (χ1v) is 5.22. The number of amides is 2. The largest absolute Gasteiger partial charge is 0.352 e. The molecule has 4 nitrogen and oxygen atoms in total. The lowest BCUT2D eigenvalue weighted by Gasteiger charge is -2.18. The van der Waals surface area contributed by atoms with Gasteiger partial charge in [-0.05, 0) is 30.2 Å². The van der Waals surface area contributed by atoms with Crippen molar-refractivity contribution in [3.63, 3.8) is 0 Å². The summed E-state index contributed by atoms with van der Waals surface area (Å²) in [6.45, 7) is 0.644. The Morgan fingerprint density at radius 1 is 1.38 bits per heavy atom. The Labute approximate surface area is 94.2 Å². The van der Waals surface area contributed by atoms with E-state index >= 15 is 0 Å². The molecule has 0 spiro atoms. The van der Waals surface area contributed by atoms with E-state index in [2.05, 4.69) is 5.32 Å². The van der Waals surface area contributed by atoms with Gasteiger partial charge < -0.3 is 10.2 Å². The maximum Gasteiger partial charge on any atom is 0.253 e. The molecule has 2 rings (SSSR count). The Hall–Kier alpha value is -1.84. The Morgan fingerprint density at radius 3 is 2.81 bits per heavy atom. The molecule has 0 aromatic heterocycles. The van der Waals surface area contributed by atoms with Crippen LogP contribution >= 0.6 is 0 Å². The lowest BCUT2D eigenvalue weighted by atomic mass is 9.97. The molecule has 0 atom stereocenters. The average molecular weight is 218 g/mol. The number of hydrogen-bond donors (Lipinski definition) is 1. The quantitative estimate of drug-likeness (QED) is 0.753. The fraction of sp³-hybridized carbons (Fsp3) is 0.333. The van der Waals surface area contributed by atoms with Crippen molar-refractivity contribution >= 4 is 11.8 Å². The Balaban J connectivity index is 2.39. The first kappa shape index (κ1) is 10.7. The number of hydrogen-bond acceptors (Lipinski definition) is 2. The number of benzene rings is 1. The minimum absolute atomic E-state index is 0.0335. The van der Waals surface area contributed by atoms with Crippen molar-refractivity contribution in [1.29, 1.82) is 0 Å². The van der Waals surface area contributed by atoms with Crippen LogP contribution in [0, 0.1) is 0 Å². The van der Waals surface area contributed by atoms with Gasteiger partial charge in [-0.25, -0.2) is 0 Å². The van der Waals surface area contributed by atoms with Crippen LogP contribution in [0.25, 0.3) is 0 Å². The molecule has 1 aliphatic rings. The Morgan fingerprint density at radius 2 is 2.12 bits per heavy atom. The van der Waals surface area contributed by atoms with Crippen molar-refractivity contribution in [3.8, 4) is 0 Å². The third-order valence-electron chi connectivity index (χ3n) is 2.68. The predicted octanol–water partition coefficient (Wildman–Crippen LogP) is 0.674. The SMILES string of the molecule is CN(C)C(=O)c1ccc2c(c1)CCNC2=O. The number of rotatable bonds is 1. The van der Waals surface area contributed by atoms with Crippen molar-refractivity contribution in [3.05, 3.63) is 34.9 Å². The monoisotopic (exact) mass is 218 g/mol. The van der Waals surface area contributed by atoms with E-state index in [0.29, 0.717) is 17.7 Å². The number of carbonyl (C=O) groups excluding carboxylic acids is 2. The molecule has 84 valence electrons. The van der Waals surface area contributed by atoms with E-state index in [1.54, 1.807) is 26.2 Å². The molecule has 4 heteroatoms. The van der Waals surface area contributed by atoms with Gasteiger partial charge in [0, 0.05) is 31.8 Å². The van der Waals surface area contributed by atoms with Crippen LogP contribution in [0.1, 0.15) is 26.3 Å². The van der Waals surface area contributed by atoms with Crippen LogP contribution in [-0.2, 0) is 6.42 Å². The highest BCUT2D eigenvalue weighted by Crippen LogP contribution is 2.16. The number of fused-ring (bicyclic) bond motifs is 1. The highest BCUT2D eigenvalue weighted by Gasteiger charge is 2.18. The first-order chi connectivity index (χ1) is 7.59. The molecule has 1 N–H and O–H groups in total. The van der Waals surface area contributed by atoms with Gasteiger partial charge >= 0.3 is 0 Å². The smallest absolute Gasteiger partial charge is 0.253 e. The molecule has 1 aromatic rings. The van der Waals surface area contributed by atoms with E-state index in [1.165, 1.54) is 4.90 Å². The second-order valence-corrected chi connectivity index (χ2v) is 4.08. The summed E-state index contributed by atoms with van der Waals surface area (Å²) in [4.78, 5) is 24.8. The van der Waals surface area contributed by atoms with E-state index in [9.17, 15) is 9.59 Å². The molecule has 0 radical (unpaired) electrons. The molecule has 0 saturated heterocycles. The third kappa shape index (κ3) is 1.78. The highest BCUT2D eigenvalue weighted by atomic mass is 16.2. The minimum atomic E-state index is -0.0508. The Kier molecular flexibility index (Phi) is 2.64. The lowest BCUT2D eigenvalue weighted by molar-refractivity contribution is 0.0826. The zero-order valence-corrected chi connectivity index (χ0v) is 9.41. The van der Waals surface area contributed by atoms with Crippen LogP contribution in [0.2, 0.25) is 0 Å². The maximum absolute atomic E-state index is 11.7. The molecule has 16 heavy (non-hydrogen) atoms. The predicted molar refractivity (Wildman–Crippen MR) is 60.5 cm³/mol. The fourth-order valence-corrected chi connectivity index (χ4v) is 1.82. The van der Waals surface area contributed by atoms with Crippen molar-refractivity contribution < 1.29 is 9.59 Å². The molecule has 0 bridgehead atoms. The normalized spacial score (nSPS) is 14.0. The molecule has 0 fully saturated rings. The van der Waals surface area contributed by atoms with Crippen molar-refractivity contribution in [1.82, 2.24) is 10.2 Å². The van der Waals surface area contributed by atoms with Crippen molar-refractivity contribution in [2.24, 2.45) is 0 Å². The second-order valence-electron chi connectivity index (χ2n) is 4.08. The molecule has 0 aliphatic carbocycles. The summed E-state index contributed by atoms with van der Waals surface area (Å²) < 4.78 is 0. The Bertz CT molecular complexity index is 452. The van der Waals surface area contributed by atoms with Crippen LogP contribution < -0.4 is 5.32 Å². The molecular formula is C12H14N2O2. The summed E-state index contributed by atoms with van der Waals surface area (Å²) in [5.74, 6) is -0.0844. The summed E-state index contributed by atoms with van der Waals surface area (Å²) in [5, 5.41) is 2.78. The van der Waals surface area contributed by atoms with Gasteiger partial charge in [-0.1, -0.05) is 0 Å². The van der Waals surface area contributed by atoms with Crippen LogP contribution in [0.4, 0.5) is 0 Å². The van der Waals surface area contributed by atoms with Gasteiger partial charge in [0.2, 0.25) is 0 Å². The van der Waals surface area contributed by atoms with Crippen LogP contribution in [-0.4, -0.2) is 37.4 Å². The van der Waals surface area contributed by atoms with E-state index in [4.69, 9.17) is 0 Å². The van der Waals surface area contributed by atoms with Crippen LogP contribution in [0.3, 0.4) is 0 Å². The summed E-state index contributed by atoms with van der Waals surface area (Å²) >= 11 is 0. The van der Waals surface area contributed by atoms with Gasteiger partial charge in [-0.2, -0.15) is 0 Å².